The number of likely N-dealkylation sites (N-methyl/N-ethyl adjacent to an activating group) is 1. The standard InChI is InChI=1S/C16H20N6O2S/c1-17-14(23)9-11-10-25-16(18-11)19-15(24)12-5-6-13(21-20-12)22-7-3-2-4-8-22/h5-6,10H,2-4,7-9H2,1H3,(H,17,23)(H,18,19,24). The highest BCUT2D eigenvalue weighted by Crippen LogP contribution is 2.18. The van der Waals surface area contributed by atoms with Gasteiger partial charge in [-0.3, -0.25) is 14.9 Å². The van der Waals surface area contributed by atoms with Gasteiger partial charge in [-0.05, 0) is 31.4 Å². The molecule has 132 valence electrons. The Bertz CT molecular complexity index is 739. The lowest BCUT2D eigenvalue weighted by Crippen LogP contribution is -2.30. The van der Waals surface area contributed by atoms with Crippen LogP contribution < -0.4 is 15.5 Å². The number of hydrogen-bond donors (Lipinski definition) is 2. The molecule has 8 nitrogen and oxygen atoms in total. The van der Waals surface area contributed by atoms with E-state index in [1.54, 1.807) is 18.5 Å². The van der Waals surface area contributed by atoms with E-state index in [2.05, 4.69) is 30.7 Å². The van der Waals surface area contributed by atoms with Crippen LogP contribution in [0.5, 0.6) is 0 Å². The van der Waals surface area contributed by atoms with E-state index in [0.717, 1.165) is 31.7 Å². The molecule has 0 bridgehead atoms. The van der Waals surface area contributed by atoms with E-state index >= 15 is 0 Å². The van der Waals surface area contributed by atoms with Crippen molar-refractivity contribution in [3.05, 3.63) is 28.9 Å². The van der Waals surface area contributed by atoms with Gasteiger partial charge in [-0.2, -0.15) is 0 Å². The zero-order valence-corrected chi connectivity index (χ0v) is 14.8. The van der Waals surface area contributed by atoms with Gasteiger partial charge in [-0.25, -0.2) is 4.98 Å². The lowest BCUT2D eigenvalue weighted by atomic mass is 10.1. The molecule has 25 heavy (non-hydrogen) atoms. The second kappa shape index (κ2) is 8.02. The van der Waals surface area contributed by atoms with E-state index < -0.39 is 0 Å². The maximum absolute atomic E-state index is 12.2. The minimum atomic E-state index is -0.362. The zero-order valence-electron chi connectivity index (χ0n) is 14.0. The molecule has 1 aliphatic heterocycles. The number of nitrogens with zero attached hydrogens (tertiary/aromatic N) is 4. The number of rotatable bonds is 5. The largest absolute Gasteiger partial charge is 0.359 e. The third-order valence-electron chi connectivity index (χ3n) is 3.96. The van der Waals surface area contributed by atoms with Crippen LogP contribution >= 0.6 is 11.3 Å². The molecule has 3 heterocycles. The first-order chi connectivity index (χ1) is 12.2. The summed E-state index contributed by atoms with van der Waals surface area (Å²) in [6, 6.07) is 3.50. The smallest absolute Gasteiger partial charge is 0.277 e. The first kappa shape index (κ1) is 17.3. The fourth-order valence-corrected chi connectivity index (χ4v) is 3.30. The van der Waals surface area contributed by atoms with Crippen molar-refractivity contribution in [2.45, 2.75) is 25.7 Å². The zero-order chi connectivity index (χ0) is 17.6. The number of amides is 2. The van der Waals surface area contributed by atoms with Crippen LogP contribution in [0.3, 0.4) is 0 Å². The summed E-state index contributed by atoms with van der Waals surface area (Å²) < 4.78 is 0. The van der Waals surface area contributed by atoms with Gasteiger partial charge in [0.15, 0.2) is 16.6 Å². The van der Waals surface area contributed by atoms with Gasteiger partial charge in [0.05, 0.1) is 12.1 Å². The van der Waals surface area contributed by atoms with Crippen molar-refractivity contribution < 1.29 is 9.59 Å². The van der Waals surface area contributed by atoms with E-state index in [9.17, 15) is 9.59 Å². The molecule has 3 rings (SSSR count). The van der Waals surface area contributed by atoms with E-state index in [0.29, 0.717) is 10.8 Å². The molecule has 0 atom stereocenters. The first-order valence-electron chi connectivity index (χ1n) is 8.21. The average molecular weight is 360 g/mol. The summed E-state index contributed by atoms with van der Waals surface area (Å²) in [6.45, 7) is 1.96. The fraction of sp³-hybridized carbons (Fsp3) is 0.438. The Morgan fingerprint density at radius 2 is 2.00 bits per heavy atom. The fourth-order valence-electron chi connectivity index (χ4n) is 2.60. The van der Waals surface area contributed by atoms with Crippen molar-refractivity contribution in [1.29, 1.82) is 0 Å². The van der Waals surface area contributed by atoms with Crippen molar-refractivity contribution in [2.75, 3.05) is 30.4 Å². The second-order valence-corrected chi connectivity index (χ2v) is 6.63. The van der Waals surface area contributed by atoms with Gasteiger partial charge in [0.25, 0.3) is 5.91 Å². The number of carbonyl (C=O) groups excluding carboxylic acids is 2. The maximum atomic E-state index is 12.2. The molecular formula is C16H20N6O2S. The summed E-state index contributed by atoms with van der Waals surface area (Å²) >= 11 is 1.27. The van der Waals surface area contributed by atoms with Gasteiger partial charge < -0.3 is 10.2 Å². The molecule has 0 saturated carbocycles. The molecule has 2 N–H and O–H groups in total. The van der Waals surface area contributed by atoms with Gasteiger partial charge in [-0.1, -0.05) is 0 Å². The van der Waals surface area contributed by atoms with Crippen LogP contribution in [0.4, 0.5) is 10.9 Å². The number of thiazole rings is 1. The number of piperidine rings is 1. The SMILES string of the molecule is CNC(=O)Cc1csc(NC(=O)c2ccc(N3CCCCC3)nn2)n1. The van der Waals surface area contributed by atoms with Crippen LogP contribution in [-0.2, 0) is 11.2 Å². The Kier molecular flexibility index (Phi) is 5.54. The number of nitrogens with one attached hydrogen (secondary N) is 2. The van der Waals surface area contributed by atoms with Crippen molar-refractivity contribution in [2.24, 2.45) is 0 Å². The van der Waals surface area contributed by atoms with Crippen LogP contribution in [0.2, 0.25) is 0 Å². The van der Waals surface area contributed by atoms with Crippen molar-refractivity contribution in [3.63, 3.8) is 0 Å². The third kappa shape index (κ3) is 4.50. The van der Waals surface area contributed by atoms with Crippen LogP contribution in [0.25, 0.3) is 0 Å². The highest BCUT2D eigenvalue weighted by atomic mass is 32.1. The summed E-state index contributed by atoms with van der Waals surface area (Å²) in [7, 11) is 1.57. The quantitative estimate of drug-likeness (QED) is 0.837. The summed E-state index contributed by atoms with van der Waals surface area (Å²) in [5.74, 6) is 0.319. The van der Waals surface area contributed by atoms with Gasteiger partial charge in [0.1, 0.15) is 0 Å². The molecule has 1 fully saturated rings. The van der Waals surface area contributed by atoms with E-state index in [-0.39, 0.29) is 23.9 Å². The molecule has 0 aliphatic carbocycles. The molecule has 0 spiro atoms. The van der Waals surface area contributed by atoms with E-state index in [4.69, 9.17) is 0 Å². The predicted octanol–water partition coefficient (Wildman–Crippen LogP) is 1.46. The van der Waals surface area contributed by atoms with Crippen LogP contribution in [-0.4, -0.2) is 47.1 Å². The summed E-state index contributed by atoms with van der Waals surface area (Å²) in [5, 5.41) is 15.6. The Labute approximate surface area is 149 Å². The Hall–Kier alpha value is -2.55. The van der Waals surface area contributed by atoms with Gasteiger partial charge in [0.2, 0.25) is 5.91 Å². The lowest BCUT2D eigenvalue weighted by molar-refractivity contribution is -0.120. The molecule has 1 aliphatic rings. The summed E-state index contributed by atoms with van der Waals surface area (Å²) in [5.41, 5.74) is 0.856. The lowest BCUT2D eigenvalue weighted by Gasteiger charge is -2.27. The third-order valence-corrected chi connectivity index (χ3v) is 4.76. The van der Waals surface area contributed by atoms with Crippen LogP contribution in [0, 0.1) is 0 Å². The molecule has 0 unspecified atom stereocenters. The monoisotopic (exact) mass is 360 g/mol. The summed E-state index contributed by atoms with van der Waals surface area (Å²) in [4.78, 5) is 30.0. The minimum Gasteiger partial charge on any atom is -0.359 e. The summed E-state index contributed by atoms with van der Waals surface area (Å²) in [6.07, 6.45) is 3.76. The Morgan fingerprint density at radius 1 is 1.20 bits per heavy atom. The number of carbonyl (C=O) groups is 2. The van der Waals surface area contributed by atoms with Crippen LogP contribution in [0.1, 0.15) is 35.4 Å². The normalized spacial score (nSPS) is 14.2. The molecule has 2 amide bonds. The first-order valence-corrected chi connectivity index (χ1v) is 9.08. The molecule has 9 heteroatoms. The molecular weight excluding hydrogens is 340 g/mol. The number of aromatic nitrogens is 3. The molecule has 0 radical (unpaired) electrons. The van der Waals surface area contributed by atoms with Crippen molar-refractivity contribution >= 4 is 34.1 Å². The molecule has 1 saturated heterocycles. The van der Waals surface area contributed by atoms with Gasteiger partial charge in [0, 0.05) is 25.5 Å². The van der Waals surface area contributed by atoms with Crippen molar-refractivity contribution in [3.8, 4) is 0 Å². The Morgan fingerprint density at radius 3 is 2.68 bits per heavy atom. The minimum absolute atomic E-state index is 0.123. The molecule has 2 aromatic rings. The number of anilines is 2. The topological polar surface area (TPSA) is 100 Å². The second-order valence-electron chi connectivity index (χ2n) is 5.77. The van der Waals surface area contributed by atoms with Crippen LogP contribution in [0.15, 0.2) is 17.5 Å². The highest BCUT2D eigenvalue weighted by Gasteiger charge is 2.15. The Balaban J connectivity index is 1.60. The number of hydrogen-bond acceptors (Lipinski definition) is 7. The maximum Gasteiger partial charge on any atom is 0.277 e. The van der Waals surface area contributed by atoms with E-state index in [1.807, 2.05) is 6.07 Å². The molecule has 0 aromatic carbocycles. The van der Waals surface area contributed by atoms with Gasteiger partial charge >= 0.3 is 0 Å². The molecule has 2 aromatic heterocycles. The van der Waals surface area contributed by atoms with E-state index in [1.165, 1.54) is 17.8 Å². The average Bonchev–Trinajstić information content (AvgIpc) is 3.09. The predicted molar refractivity (Wildman–Crippen MR) is 95.9 cm³/mol. The van der Waals surface area contributed by atoms with Crippen molar-refractivity contribution in [1.82, 2.24) is 20.5 Å². The highest BCUT2D eigenvalue weighted by molar-refractivity contribution is 7.14. The van der Waals surface area contributed by atoms with Gasteiger partial charge in [-0.15, -0.1) is 21.5 Å².